The molecule has 0 aliphatic carbocycles. The van der Waals surface area contributed by atoms with Crippen molar-refractivity contribution in [2.45, 2.75) is 6.61 Å². The molecule has 4 nitrogen and oxygen atoms in total. The summed E-state index contributed by atoms with van der Waals surface area (Å²) in [5.74, 6) is -1.40. The Labute approximate surface area is 142 Å². The van der Waals surface area contributed by atoms with Gasteiger partial charge < -0.3 is 14.5 Å². The van der Waals surface area contributed by atoms with Gasteiger partial charge in [0.05, 0.1) is 12.8 Å². The van der Waals surface area contributed by atoms with Gasteiger partial charge >= 0.3 is 5.97 Å². The van der Waals surface area contributed by atoms with E-state index < -0.39 is 17.6 Å². The zero-order valence-corrected chi connectivity index (χ0v) is 13.2. The van der Waals surface area contributed by atoms with Gasteiger partial charge in [-0.1, -0.05) is 12.1 Å². The number of esters is 1. The lowest BCUT2D eigenvalue weighted by atomic mass is 9.96. The SMILES string of the molecule is COC(=O)c1[nH]c2c(c1-c1cc(F)cc(F)c1)COc1ccccc1-2. The van der Waals surface area contributed by atoms with Gasteiger partial charge in [0.15, 0.2) is 0 Å². The molecule has 4 rings (SSSR count). The van der Waals surface area contributed by atoms with Crippen molar-refractivity contribution in [1.82, 2.24) is 4.98 Å². The number of methoxy groups -OCH3 is 1. The van der Waals surface area contributed by atoms with Crippen molar-refractivity contribution in [2.75, 3.05) is 7.11 Å². The number of carbonyl (C=O) groups excluding carboxylic acids is 1. The predicted octanol–water partition coefficient (Wildman–Crippen LogP) is 4.31. The molecule has 2 heterocycles. The second-order valence-electron chi connectivity index (χ2n) is 5.66. The molecule has 0 bridgehead atoms. The molecule has 1 N–H and O–H groups in total. The molecule has 0 radical (unpaired) electrons. The Morgan fingerprint density at radius 1 is 1.16 bits per heavy atom. The fourth-order valence-corrected chi connectivity index (χ4v) is 3.13. The number of aromatic amines is 1. The number of H-pyrrole nitrogens is 1. The minimum atomic E-state index is -0.724. The molecule has 0 spiro atoms. The number of benzene rings is 2. The van der Waals surface area contributed by atoms with Crippen molar-refractivity contribution in [2.24, 2.45) is 0 Å². The van der Waals surface area contributed by atoms with Crippen LogP contribution in [-0.4, -0.2) is 18.1 Å². The molecule has 1 aliphatic heterocycles. The topological polar surface area (TPSA) is 51.3 Å². The molecular weight excluding hydrogens is 328 g/mol. The van der Waals surface area contributed by atoms with Crippen LogP contribution in [0.3, 0.4) is 0 Å². The largest absolute Gasteiger partial charge is 0.488 e. The molecule has 25 heavy (non-hydrogen) atoms. The maximum absolute atomic E-state index is 13.7. The average molecular weight is 341 g/mol. The summed E-state index contributed by atoms with van der Waals surface area (Å²) in [5.41, 5.74) is 2.88. The maximum Gasteiger partial charge on any atom is 0.355 e. The third-order valence-electron chi connectivity index (χ3n) is 4.17. The predicted molar refractivity (Wildman–Crippen MR) is 87.3 cm³/mol. The van der Waals surface area contributed by atoms with Crippen molar-refractivity contribution in [3.63, 3.8) is 0 Å². The third-order valence-corrected chi connectivity index (χ3v) is 4.17. The normalized spacial score (nSPS) is 12.1. The number of halogens is 2. The number of hydrogen-bond donors (Lipinski definition) is 1. The Kier molecular flexibility index (Phi) is 3.53. The molecule has 0 unspecified atom stereocenters. The van der Waals surface area contributed by atoms with Gasteiger partial charge in [0.1, 0.15) is 29.7 Å². The molecule has 0 saturated heterocycles. The van der Waals surface area contributed by atoms with Crippen LogP contribution < -0.4 is 4.74 Å². The first-order chi connectivity index (χ1) is 12.1. The first kappa shape index (κ1) is 15.4. The average Bonchev–Trinajstić information content (AvgIpc) is 3.00. The van der Waals surface area contributed by atoms with E-state index in [9.17, 15) is 13.6 Å². The number of para-hydroxylation sites is 1. The van der Waals surface area contributed by atoms with E-state index in [0.29, 0.717) is 22.6 Å². The van der Waals surface area contributed by atoms with Gasteiger partial charge in [-0.05, 0) is 29.8 Å². The smallest absolute Gasteiger partial charge is 0.355 e. The van der Waals surface area contributed by atoms with E-state index in [-0.39, 0.29) is 17.9 Å². The highest BCUT2D eigenvalue weighted by Gasteiger charge is 2.29. The van der Waals surface area contributed by atoms with Crippen LogP contribution in [0.5, 0.6) is 5.75 Å². The standard InChI is InChI=1S/C19H13F2NO3/c1-24-19(23)18-16(10-6-11(20)8-12(21)7-10)14-9-25-15-5-3-2-4-13(15)17(14)22-18/h2-8,22H,9H2,1H3. The van der Waals surface area contributed by atoms with Gasteiger partial charge in [0.25, 0.3) is 0 Å². The molecule has 6 heteroatoms. The number of fused-ring (bicyclic) bond motifs is 3. The lowest BCUT2D eigenvalue weighted by Crippen LogP contribution is -2.05. The maximum atomic E-state index is 13.7. The quantitative estimate of drug-likeness (QED) is 0.707. The summed E-state index contributed by atoms with van der Waals surface area (Å²) >= 11 is 0. The van der Waals surface area contributed by atoms with Gasteiger partial charge in [-0.3, -0.25) is 0 Å². The van der Waals surface area contributed by atoms with Crippen LogP contribution in [0.15, 0.2) is 42.5 Å². The number of nitrogens with one attached hydrogen (secondary N) is 1. The molecule has 1 aliphatic rings. The van der Waals surface area contributed by atoms with Crippen LogP contribution >= 0.6 is 0 Å². The Morgan fingerprint density at radius 2 is 1.88 bits per heavy atom. The summed E-state index contributed by atoms with van der Waals surface area (Å²) in [7, 11) is 1.25. The van der Waals surface area contributed by atoms with Gasteiger partial charge in [0.2, 0.25) is 0 Å². The molecule has 0 saturated carbocycles. The van der Waals surface area contributed by atoms with Crippen LogP contribution in [0, 0.1) is 11.6 Å². The highest BCUT2D eigenvalue weighted by molar-refractivity contribution is 5.99. The fraction of sp³-hybridized carbons (Fsp3) is 0.105. The van der Waals surface area contributed by atoms with E-state index >= 15 is 0 Å². The van der Waals surface area contributed by atoms with Crippen molar-refractivity contribution in [1.29, 1.82) is 0 Å². The first-order valence-corrected chi connectivity index (χ1v) is 7.60. The number of ether oxygens (including phenoxy) is 2. The Bertz CT molecular complexity index is 974. The minimum Gasteiger partial charge on any atom is -0.488 e. The first-order valence-electron chi connectivity index (χ1n) is 7.60. The lowest BCUT2D eigenvalue weighted by molar-refractivity contribution is 0.0596. The van der Waals surface area contributed by atoms with Crippen LogP contribution in [-0.2, 0) is 11.3 Å². The van der Waals surface area contributed by atoms with Crippen LogP contribution in [0.25, 0.3) is 22.4 Å². The van der Waals surface area contributed by atoms with Crippen LogP contribution in [0.1, 0.15) is 16.1 Å². The van der Waals surface area contributed by atoms with Gasteiger partial charge in [-0.15, -0.1) is 0 Å². The fourth-order valence-electron chi connectivity index (χ4n) is 3.13. The van der Waals surface area contributed by atoms with E-state index in [2.05, 4.69) is 4.98 Å². The molecule has 0 atom stereocenters. The molecule has 0 fully saturated rings. The summed E-state index contributed by atoms with van der Waals surface area (Å²) in [6.45, 7) is 0.174. The number of aromatic nitrogens is 1. The van der Waals surface area contributed by atoms with Gasteiger partial charge in [-0.2, -0.15) is 0 Å². The molecular formula is C19H13F2NO3. The Morgan fingerprint density at radius 3 is 2.60 bits per heavy atom. The van der Waals surface area contributed by atoms with E-state index in [1.807, 2.05) is 24.3 Å². The van der Waals surface area contributed by atoms with Crippen LogP contribution in [0.2, 0.25) is 0 Å². The number of hydrogen-bond acceptors (Lipinski definition) is 3. The van der Waals surface area contributed by atoms with Crippen molar-refractivity contribution in [3.05, 3.63) is 65.4 Å². The summed E-state index contributed by atoms with van der Waals surface area (Å²) in [6, 6.07) is 10.5. The molecule has 0 amide bonds. The van der Waals surface area contributed by atoms with Crippen molar-refractivity contribution < 1.29 is 23.0 Å². The monoisotopic (exact) mass is 341 g/mol. The zero-order valence-electron chi connectivity index (χ0n) is 13.2. The van der Waals surface area contributed by atoms with Crippen molar-refractivity contribution in [3.8, 4) is 28.1 Å². The molecule has 2 aromatic carbocycles. The van der Waals surface area contributed by atoms with E-state index in [4.69, 9.17) is 9.47 Å². The number of carbonyl (C=O) groups is 1. The second-order valence-corrected chi connectivity index (χ2v) is 5.66. The summed E-state index contributed by atoms with van der Waals surface area (Å²) in [6.07, 6.45) is 0. The third kappa shape index (κ3) is 2.46. The van der Waals surface area contributed by atoms with Gasteiger partial charge in [0, 0.05) is 22.8 Å². The number of rotatable bonds is 2. The molecule has 3 aromatic rings. The summed E-state index contributed by atoms with van der Waals surface area (Å²) in [4.78, 5) is 15.3. The highest BCUT2D eigenvalue weighted by atomic mass is 19.1. The van der Waals surface area contributed by atoms with E-state index in [1.54, 1.807) is 0 Å². The molecule has 126 valence electrons. The van der Waals surface area contributed by atoms with Crippen LogP contribution in [0.4, 0.5) is 8.78 Å². The lowest BCUT2D eigenvalue weighted by Gasteiger charge is -2.18. The van der Waals surface area contributed by atoms with E-state index in [0.717, 1.165) is 11.6 Å². The summed E-state index contributed by atoms with van der Waals surface area (Å²) in [5, 5.41) is 0. The highest BCUT2D eigenvalue weighted by Crippen LogP contribution is 2.43. The van der Waals surface area contributed by atoms with Crippen molar-refractivity contribution >= 4 is 5.97 Å². The Balaban J connectivity index is 2.01. The minimum absolute atomic E-state index is 0.137. The summed E-state index contributed by atoms with van der Waals surface area (Å²) < 4.78 is 38.0. The van der Waals surface area contributed by atoms with Gasteiger partial charge in [-0.25, -0.2) is 13.6 Å². The molecule has 1 aromatic heterocycles. The van der Waals surface area contributed by atoms with E-state index in [1.165, 1.54) is 19.2 Å². The Hall–Kier alpha value is -3.15. The second kappa shape index (κ2) is 5.73. The zero-order chi connectivity index (χ0) is 17.6.